The first kappa shape index (κ1) is 7.65. The molecule has 1 aromatic rings. The second-order valence-corrected chi connectivity index (χ2v) is 4.23. The van der Waals surface area contributed by atoms with Crippen molar-refractivity contribution < 1.29 is 4.74 Å². The molecule has 0 amide bonds. The van der Waals surface area contributed by atoms with Gasteiger partial charge in [0.1, 0.15) is 0 Å². The van der Waals surface area contributed by atoms with E-state index in [1.54, 1.807) is 0 Å². The van der Waals surface area contributed by atoms with Gasteiger partial charge < -0.3 is 4.74 Å². The first-order valence-corrected chi connectivity index (χ1v) is 4.24. The zero-order valence-electron chi connectivity index (χ0n) is 7.79. The minimum absolute atomic E-state index is 0.214. The van der Waals surface area contributed by atoms with Gasteiger partial charge in [0.2, 0.25) is 5.88 Å². The summed E-state index contributed by atoms with van der Waals surface area (Å²) in [4.78, 5) is 0. The highest BCUT2D eigenvalue weighted by atomic mass is 16.5. The fourth-order valence-electron chi connectivity index (χ4n) is 1.47. The quantitative estimate of drug-likeness (QED) is 0.585. The predicted molar refractivity (Wildman–Crippen MR) is 46.2 cm³/mol. The maximum absolute atomic E-state index is 5.56. The average Bonchev–Trinajstić information content (AvgIpc) is 2.26. The minimum atomic E-state index is 0.214. The Balaban J connectivity index is 2.34. The van der Waals surface area contributed by atoms with Crippen LogP contribution in [-0.2, 0) is 6.54 Å². The van der Waals surface area contributed by atoms with Crippen molar-refractivity contribution in [2.75, 3.05) is 6.61 Å². The first-order chi connectivity index (χ1) is 5.57. The Morgan fingerprint density at radius 2 is 2.33 bits per heavy atom. The molecule has 0 spiro atoms. The number of aromatic nitrogens is 2. The Morgan fingerprint density at radius 1 is 1.58 bits per heavy atom. The van der Waals surface area contributed by atoms with Crippen LogP contribution in [0.15, 0.2) is 6.07 Å². The van der Waals surface area contributed by atoms with Crippen LogP contribution >= 0.6 is 0 Å². The fourth-order valence-corrected chi connectivity index (χ4v) is 1.47. The maximum atomic E-state index is 5.56. The molecule has 0 atom stereocenters. The van der Waals surface area contributed by atoms with E-state index in [4.69, 9.17) is 4.74 Å². The van der Waals surface area contributed by atoms with Crippen molar-refractivity contribution in [1.82, 2.24) is 9.78 Å². The van der Waals surface area contributed by atoms with Gasteiger partial charge in [-0.3, -0.25) is 0 Å². The van der Waals surface area contributed by atoms with Crippen LogP contribution in [0.3, 0.4) is 0 Å². The summed E-state index contributed by atoms with van der Waals surface area (Å²) >= 11 is 0. The predicted octanol–water partition coefficient (Wildman–Crippen LogP) is 1.61. The van der Waals surface area contributed by atoms with Crippen LogP contribution < -0.4 is 4.74 Å². The summed E-state index contributed by atoms with van der Waals surface area (Å²) in [7, 11) is 0. The van der Waals surface area contributed by atoms with E-state index in [1.807, 2.05) is 17.7 Å². The summed E-state index contributed by atoms with van der Waals surface area (Å²) in [6.07, 6.45) is 0. The van der Waals surface area contributed by atoms with Crippen LogP contribution in [0.2, 0.25) is 0 Å². The SMILES string of the molecule is Cc1cc2n(n1)CC(C)(C)CO2. The molecule has 66 valence electrons. The van der Waals surface area contributed by atoms with Crippen molar-refractivity contribution in [2.24, 2.45) is 5.41 Å². The molecule has 2 heterocycles. The van der Waals surface area contributed by atoms with Crippen molar-refractivity contribution >= 4 is 0 Å². The summed E-state index contributed by atoms with van der Waals surface area (Å²) in [6, 6.07) is 1.98. The van der Waals surface area contributed by atoms with E-state index >= 15 is 0 Å². The van der Waals surface area contributed by atoms with Crippen LogP contribution in [0.1, 0.15) is 19.5 Å². The molecule has 1 aromatic heterocycles. The van der Waals surface area contributed by atoms with Gasteiger partial charge in [-0.1, -0.05) is 13.8 Å². The van der Waals surface area contributed by atoms with Crippen molar-refractivity contribution in [3.63, 3.8) is 0 Å². The molecule has 0 fully saturated rings. The van der Waals surface area contributed by atoms with Crippen LogP contribution in [0.5, 0.6) is 5.88 Å². The fraction of sp³-hybridized carbons (Fsp3) is 0.667. The molecule has 0 saturated heterocycles. The molecule has 12 heavy (non-hydrogen) atoms. The molecular formula is C9H14N2O. The number of hydrogen-bond acceptors (Lipinski definition) is 2. The van der Waals surface area contributed by atoms with Crippen LogP contribution in [0.4, 0.5) is 0 Å². The Morgan fingerprint density at radius 3 is 3.08 bits per heavy atom. The molecule has 0 bridgehead atoms. The Labute approximate surface area is 72.3 Å². The molecule has 1 aliphatic rings. The molecule has 0 saturated carbocycles. The Kier molecular flexibility index (Phi) is 1.43. The Hall–Kier alpha value is -0.990. The zero-order valence-corrected chi connectivity index (χ0v) is 7.79. The minimum Gasteiger partial charge on any atom is -0.477 e. The lowest BCUT2D eigenvalue weighted by atomic mass is 9.94. The molecule has 3 nitrogen and oxygen atoms in total. The van der Waals surface area contributed by atoms with Gasteiger partial charge in [-0.15, -0.1) is 0 Å². The first-order valence-electron chi connectivity index (χ1n) is 4.24. The van der Waals surface area contributed by atoms with Gasteiger partial charge in [0.15, 0.2) is 0 Å². The summed E-state index contributed by atoms with van der Waals surface area (Å²) in [5.74, 6) is 0.909. The lowest BCUT2D eigenvalue weighted by Crippen LogP contribution is -2.32. The zero-order chi connectivity index (χ0) is 8.77. The van der Waals surface area contributed by atoms with Gasteiger partial charge in [-0.2, -0.15) is 5.10 Å². The standard InChI is InChI=1S/C9H14N2O/c1-7-4-8-11(10-7)5-9(2,3)6-12-8/h4H,5-6H2,1-3H3. The number of rotatable bonds is 0. The molecule has 1 aliphatic heterocycles. The van der Waals surface area contributed by atoms with E-state index in [9.17, 15) is 0 Å². The van der Waals surface area contributed by atoms with Crippen molar-refractivity contribution in [1.29, 1.82) is 0 Å². The van der Waals surface area contributed by atoms with E-state index < -0.39 is 0 Å². The van der Waals surface area contributed by atoms with Crippen LogP contribution in [-0.4, -0.2) is 16.4 Å². The second-order valence-electron chi connectivity index (χ2n) is 4.23. The second kappa shape index (κ2) is 2.25. The number of nitrogens with zero attached hydrogens (tertiary/aromatic N) is 2. The van der Waals surface area contributed by atoms with Crippen LogP contribution in [0.25, 0.3) is 0 Å². The topological polar surface area (TPSA) is 27.1 Å². The van der Waals surface area contributed by atoms with E-state index in [0.717, 1.165) is 24.7 Å². The van der Waals surface area contributed by atoms with Gasteiger partial charge in [0.05, 0.1) is 18.8 Å². The van der Waals surface area contributed by atoms with Crippen molar-refractivity contribution in [3.05, 3.63) is 11.8 Å². The summed E-state index contributed by atoms with van der Waals surface area (Å²) in [5.41, 5.74) is 1.24. The molecular weight excluding hydrogens is 152 g/mol. The molecule has 0 aliphatic carbocycles. The molecule has 0 unspecified atom stereocenters. The normalized spacial score (nSPS) is 19.9. The summed E-state index contributed by atoms with van der Waals surface area (Å²) < 4.78 is 7.50. The highest BCUT2D eigenvalue weighted by Gasteiger charge is 2.27. The van der Waals surface area contributed by atoms with Gasteiger partial charge in [0.25, 0.3) is 0 Å². The molecule has 3 heteroatoms. The monoisotopic (exact) mass is 166 g/mol. The van der Waals surface area contributed by atoms with Gasteiger partial charge in [-0.05, 0) is 6.92 Å². The largest absolute Gasteiger partial charge is 0.477 e. The summed E-state index contributed by atoms with van der Waals surface area (Å²) in [5, 5.41) is 4.34. The summed E-state index contributed by atoms with van der Waals surface area (Å²) in [6.45, 7) is 8.11. The maximum Gasteiger partial charge on any atom is 0.211 e. The molecule has 0 N–H and O–H groups in total. The van der Waals surface area contributed by atoms with Gasteiger partial charge >= 0.3 is 0 Å². The molecule has 2 rings (SSSR count). The van der Waals surface area contributed by atoms with Gasteiger partial charge in [-0.25, -0.2) is 4.68 Å². The van der Waals surface area contributed by atoms with E-state index in [2.05, 4.69) is 18.9 Å². The van der Waals surface area contributed by atoms with Crippen molar-refractivity contribution in [2.45, 2.75) is 27.3 Å². The third-order valence-electron chi connectivity index (χ3n) is 2.05. The number of fused-ring (bicyclic) bond motifs is 1. The highest BCUT2D eigenvalue weighted by Crippen LogP contribution is 2.28. The molecule has 0 radical (unpaired) electrons. The van der Waals surface area contributed by atoms with E-state index in [0.29, 0.717) is 0 Å². The van der Waals surface area contributed by atoms with E-state index in [1.165, 1.54) is 0 Å². The van der Waals surface area contributed by atoms with Crippen molar-refractivity contribution in [3.8, 4) is 5.88 Å². The highest BCUT2D eigenvalue weighted by molar-refractivity contribution is 5.16. The number of hydrogen-bond donors (Lipinski definition) is 0. The lowest BCUT2D eigenvalue weighted by Gasteiger charge is -2.29. The lowest BCUT2D eigenvalue weighted by molar-refractivity contribution is 0.100. The third kappa shape index (κ3) is 1.19. The van der Waals surface area contributed by atoms with Gasteiger partial charge in [0, 0.05) is 11.5 Å². The Bertz CT molecular complexity index is 301. The van der Waals surface area contributed by atoms with E-state index in [-0.39, 0.29) is 5.41 Å². The average molecular weight is 166 g/mol. The molecule has 0 aromatic carbocycles. The number of aryl methyl sites for hydroxylation is 1. The smallest absolute Gasteiger partial charge is 0.211 e. The third-order valence-corrected chi connectivity index (χ3v) is 2.05. The van der Waals surface area contributed by atoms with Crippen LogP contribution in [0, 0.1) is 12.3 Å². The number of ether oxygens (including phenoxy) is 1.